The van der Waals surface area contributed by atoms with Gasteiger partial charge in [0.2, 0.25) is 5.91 Å². The Kier molecular flexibility index (Phi) is 6.87. The average Bonchev–Trinajstić information content (AvgIpc) is 3.17. The first-order valence-electron chi connectivity index (χ1n) is 9.04. The van der Waals surface area contributed by atoms with E-state index < -0.39 is 18.5 Å². The Labute approximate surface area is 172 Å². The molecule has 2 aromatic carbocycles. The zero-order valence-corrected chi connectivity index (χ0v) is 16.4. The highest BCUT2D eigenvalue weighted by Crippen LogP contribution is 2.26. The van der Waals surface area contributed by atoms with E-state index in [0.717, 1.165) is 17.0 Å². The molecule has 1 fully saturated rings. The van der Waals surface area contributed by atoms with Crippen LogP contribution in [0, 0.1) is 11.3 Å². The maximum absolute atomic E-state index is 12.2. The van der Waals surface area contributed by atoms with E-state index in [9.17, 15) is 14.4 Å². The summed E-state index contributed by atoms with van der Waals surface area (Å²) >= 11 is 1.31. The summed E-state index contributed by atoms with van der Waals surface area (Å²) in [6, 6.07) is 15.7. The van der Waals surface area contributed by atoms with E-state index in [1.165, 1.54) is 11.8 Å². The van der Waals surface area contributed by atoms with E-state index in [4.69, 9.17) is 10.00 Å². The maximum Gasteiger partial charge on any atom is 0.338 e. The summed E-state index contributed by atoms with van der Waals surface area (Å²) in [7, 11) is 0. The third kappa shape index (κ3) is 5.36. The number of carbonyl (C=O) groups excluding carboxylic acids is 3. The van der Waals surface area contributed by atoms with Crippen molar-refractivity contribution in [3.05, 3.63) is 54.1 Å². The van der Waals surface area contributed by atoms with Gasteiger partial charge in [0, 0.05) is 23.5 Å². The van der Waals surface area contributed by atoms with Gasteiger partial charge in [-0.15, -0.1) is 11.8 Å². The predicted molar refractivity (Wildman–Crippen MR) is 110 cm³/mol. The van der Waals surface area contributed by atoms with Crippen LogP contribution in [0.5, 0.6) is 0 Å². The highest BCUT2D eigenvalue weighted by atomic mass is 32.2. The van der Waals surface area contributed by atoms with Gasteiger partial charge < -0.3 is 15.0 Å². The predicted octanol–water partition coefficient (Wildman–Crippen LogP) is 3.22. The number of para-hydroxylation sites is 1. The van der Waals surface area contributed by atoms with Crippen LogP contribution in [0.4, 0.5) is 11.4 Å². The second kappa shape index (κ2) is 9.75. The summed E-state index contributed by atoms with van der Waals surface area (Å²) in [4.78, 5) is 38.5. The Hall–Kier alpha value is -3.31. The number of nitrogens with zero attached hydrogens (tertiary/aromatic N) is 2. The number of ether oxygens (including phenoxy) is 1. The molecular weight excluding hydrogens is 390 g/mol. The van der Waals surface area contributed by atoms with Crippen LogP contribution in [0.15, 0.2) is 53.4 Å². The minimum atomic E-state index is -0.619. The van der Waals surface area contributed by atoms with Gasteiger partial charge in [0.1, 0.15) is 0 Å². The van der Waals surface area contributed by atoms with Gasteiger partial charge in [-0.25, -0.2) is 4.79 Å². The molecular formula is C21H19N3O4S. The SMILES string of the molecule is N#CCSc1ccccc1NC(=O)COC(=O)c1ccc(N2CCCC2=O)cc1. The first kappa shape index (κ1) is 20.4. The number of hydrogen-bond donors (Lipinski definition) is 1. The van der Waals surface area contributed by atoms with Gasteiger partial charge in [-0.3, -0.25) is 9.59 Å². The number of rotatable bonds is 7. The molecule has 29 heavy (non-hydrogen) atoms. The molecule has 148 valence electrons. The van der Waals surface area contributed by atoms with Crippen LogP contribution in [-0.2, 0) is 14.3 Å². The average molecular weight is 409 g/mol. The van der Waals surface area contributed by atoms with Crippen molar-refractivity contribution in [3.63, 3.8) is 0 Å². The zero-order valence-electron chi connectivity index (χ0n) is 15.6. The number of carbonyl (C=O) groups is 3. The van der Waals surface area contributed by atoms with Crippen molar-refractivity contribution in [2.75, 3.05) is 29.1 Å². The monoisotopic (exact) mass is 409 g/mol. The number of thioether (sulfide) groups is 1. The first-order chi connectivity index (χ1) is 14.1. The maximum atomic E-state index is 12.2. The third-order valence-corrected chi connectivity index (χ3v) is 5.22. The lowest BCUT2D eigenvalue weighted by Crippen LogP contribution is -2.23. The standard InChI is InChI=1S/C21H19N3O4S/c22-11-13-29-18-5-2-1-4-17(18)23-19(25)14-28-21(27)15-7-9-16(10-8-15)24-12-3-6-20(24)26/h1-2,4-5,7-10H,3,6,12-14H2,(H,23,25). The molecule has 0 aromatic heterocycles. The van der Waals surface area contributed by atoms with Crippen molar-refractivity contribution in [2.24, 2.45) is 0 Å². The molecule has 8 heteroatoms. The molecule has 3 rings (SSSR count). The van der Waals surface area contributed by atoms with Crippen molar-refractivity contribution in [1.82, 2.24) is 0 Å². The summed E-state index contributed by atoms with van der Waals surface area (Å²) in [5.74, 6) is -0.750. The van der Waals surface area contributed by atoms with Crippen molar-refractivity contribution in [2.45, 2.75) is 17.7 Å². The van der Waals surface area contributed by atoms with E-state index in [1.807, 2.05) is 12.1 Å². The van der Waals surface area contributed by atoms with Gasteiger partial charge in [-0.2, -0.15) is 5.26 Å². The number of anilines is 2. The molecule has 0 atom stereocenters. The van der Waals surface area contributed by atoms with Crippen LogP contribution < -0.4 is 10.2 Å². The van der Waals surface area contributed by atoms with Gasteiger partial charge in [0.15, 0.2) is 6.61 Å². The molecule has 0 unspecified atom stereocenters. The Bertz CT molecular complexity index is 953. The zero-order chi connectivity index (χ0) is 20.6. The second-order valence-electron chi connectivity index (χ2n) is 6.26. The minimum Gasteiger partial charge on any atom is -0.452 e. The van der Waals surface area contributed by atoms with Gasteiger partial charge in [0.25, 0.3) is 5.91 Å². The Morgan fingerprint density at radius 1 is 1.17 bits per heavy atom. The molecule has 0 spiro atoms. The van der Waals surface area contributed by atoms with Crippen LogP contribution >= 0.6 is 11.8 Å². The number of nitriles is 1. The molecule has 1 aliphatic rings. The molecule has 0 bridgehead atoms. The number of nitrogens with one attached hydrogen (secondary N) is 1. The van der Waals surface area contributed by atoms with E-state index in [0.29, 0.717) is 24.2 Å². The number of benzene rings is 2. The number of esters is 1. The fourth-order valence-corrected chi connectivity index (χ4v) is 3.57. The second-order valence-corrected chi connectivity index (χ2v) is 7.28. The number of amides is 2. The molecule has 1 aliphatic heterocycles. The lowest BCUT2D eigenvalue weighted by molar-refractivity contribution is -0.119. The smallest absolute Gasteiger partial charge is 0.338 e. The summed E-state index contributed by atoms with van der Waals surface area (Å²) < 4.78 is 5.08. The summed E-state index contributed by atoms with van der Waals surface area (Å²) in [5, 5.41) is 11.4. The summed E-state index contributed by atoms with van der Waals surface area (Å²) in [6.45, 7) is 0.249. The molecule has 2 amide bonds. The largest absolute Gasteiger partial charge is 0.452 e. The highest BCUT2D eigenvalue weighted by molar-refractivity contribution is 7.99. The topological polar surface area (TPSA) is 99.5 Å². The van der Waals surface area contributed by atoms with Crippen molar-refractivity contribution in [1.29, 1.82) is 5.26 Å². The Morgan fingerprint density at radius 2 is 1.93 bits per heavy atom. The van der Waals surface area contributed by atoms with E-state index in [-0.39, 0.29) is 11.7 Å². The molecule has 0 radical (unpaired) electrons. The lowest BCUT2D eigenvalue weighted by atomic mass is 10.2. The Morgan fingerprint density at radius 3 is 2.62 bits per heavy atom. The van der Waals surface area contributed by atoms with Crippen LogP contribution in [0.1, 0.15) is 23.2 Å². The first-order valence-corrected chi connectivity index (χ1v) is 10.0. The van der Waals surface area contributed by atoms with Crippen LogP contribution in [-0.4, -0.2) is 36.7 Å². The fraction of sp³-hybridized carbons (Fsp3) is 0.238. The molecule has 0 aliphatic carbocycles. The highest BCUT2D eigenvalue weighted by Gasteiger charge is 2.22. The van der Waals surface area contributed by atoms with Gasteiger partial charge >= 0.3 is 5.97 Å². The quantitative estimate of drug-likeness (QED) is 0.557. The van der Waals surface area contributed by atoms with E-state index in [1.54, 1.807) is 47.4 Å². The summed E-state index contributed by atoms with van der Waals surface area (Å²) in [5.41, 5.74) is 1.61. The van der Waals surface area contributed by atoms with Crippen LogP contribution in [0.3, 0.4) is 0 Å². The van der Waals surface area contributed by atoms with Gasteiger partial charge in [-0.05, 0) is 42.8 Å². The fourth-order valence-electron chi connectivity index (χ4n) is 2.91. The van der Waals surface area contributed by atoms with E-state index >= 15 is 0 Å². The third-order valence-electron chi connectivity index (χ3n) is 4.28. The van der Waals surface area contributed by atoms with Crippen LogP contribution in [0.2, 0.25) is 0 Å². The van der Waals surface area contributed by atoms with Gasteiger partial charge in [0.05, 0.1) is 23.1 Å². The number of hydrogen-bond acceptors (Lipinski definition) is 6. The Balaban J connectivity index is 1.53. The molecule has 1 heterocycles. The molecule has 1 saturated heterocycles. The van der Waals surface area contributed by atoms with Crippen molar-refractivity contribution in [3.8, 4) is 6.07 Å². The normalized spacial score (nSPS) is 13.1. The molecule has 1 N–H and O–H groups in total. The van der Waals surface area contributed by atoms with E-state index in [2.05, 4.69) is 5.32 Å². The molecule has 2 aromatic rings. The molecule has 7 nitrogen and oxygen atoms in total. The van der Waals surface area contributed by atoms with Gasteiger partial charge in [-0.1, -0.05) is 12.1 Å². The van der Waals surface area contributed by atoms with Crippen molar-refractivity contribution >= 4 is 40.9 Å². The summed E-state index contributed by atoms with van der Waals surface area (Å²) in [6.07, 6.45) is 1.37. The lowest BCUT2D eigenvalue weighted by Gasteiger charge is -2.15. The van der Waals surface area contributed by atoms with Crippen molar-refractivity contribution < 1.29 is 19.1 Å². The van der Waals surface area contributed by atoms with Crippen LogP contribution in [0.25, 0.3) is 0 Å². The molecule has 0 saturated carbocycles. The minimum absolute atomic E-state index is 0.0743.